The Labute approximate surface area is 540 Å². The molecule has 6 rings (SSSR count). The van der Waals surface area contributed by atoms with Crippen LogP contribution in [-0.4, -0.2) is 161 Å². The van der Waals surface area contributed by atoms with E-state index in [1.807, 2.05) is 6.92 Å². The molecule has 2 fully saturated rings. The fourth-order valence-corrected chi connectivity index (χ4v) is 11.2. The molecule has 1 aromatic heterocycles. The predicted molar refractivity (Wildman–Crippen MR) is 346 cm³/mol. The van der Waals surface area contributed by atoms with Crippen molar-refractivity contribution in [2.75, 3.05) is 26.2 Å². The summed E-state index contributed by atoms with van der Waals surface area (Å²) in [5.74, 6) is -9.39. The number of primary amides is 1. The molecule has 0 bridgehead atoms. The summed E-state index contributed by atoms with van der Waals surface area (Å²) in [5.41, 5.74) is 18.9. The van der Waals surface area contributed by atoms with Gasteiger partial charge in [-0.05, 0) is 80.9 Å². The zero-order valence-corrected chi connectivity index (χ0v) is 53.2. The van der Waals surface area contributed by atoms with Crippen molar-refractivity contribution >= 4 is 87.7 Å². The minimum absolute atomic E-state index is 0.00988. The molecule has 12 amide bonds. The van der Waals surface area contributed by atoms with Gasteiger partial charge in [-0.1, -0.05) is 112 Å². The first kappa shape index (κ1) is 72.2. The number of rotatable bonds is 22. The highest BCUT2D eigenvalue weighted by molar-refractivity contribution is 6.00. The molecule has 3 aromatic carbocycles. The molecule has 3 heterocycles. The van der Waals surface area contributed by atoms with Crippen molar-refractivity contribution in [1.82, 2.24) is 63.1 Å². The number of aromatic nitrogens is 1. The molecule has 0 spiro atoms. The number of hydrogen-bond acceptors (Lipinski definition) is 13. The van der Waals surface area contributed by atoms with Crippen LogP contribution in [0, 0.1) is 5.92 Å². The Hall–Kier alpha value is -9.89. The maximum atomic E-state index is 15.1. The van der Waals surface area contributed by atoms with Gasteiger partial charge in [0.2, 0.25) is 70.9 Å². The molecular formula is C65H90N16O12. The van der Waals surface area contributed by atoms with Crippen molar-refractivity contribution in [1.29, 1.82) is 0 Å². The number of benzene rings is 3. The molecule has 17 N–H and O–H groups in total. The van der Waals surface area contributed by atoms with E-state index >= 15 is 14.4 Å². The minimum atomic E-state index is -1.57. The third-order valence-corrected chi connectivity index (χ3v) is 16.2. The van der Waals surface area contributed by atoms with Crippen molar-refractivity contribution in [3.63, 3.8) is 0 Å². The highest BCUT2D eigenvalue weighted by Crippen LogP contribution is 2.26. The van der Waals surface area contributed by atoms with Crippen LogP contribution in [0.5, 0.6) is 0 Å². The van der Waals surface area contributed by atoms with Gasteiger partial charge in [-0.2, -0.15) is 0 Å². The summed E-state index contributed by atoms with van der Waals surface area (Å²) in [5, 5.41) is 27.9. The topological polar surface area (TPSA) is 435 Å². The van der Waals surface area contributed by atoms with Crippen molar-refractivity contribution < 1.29 is 57.5 Å². The second kappa shape index (κ2) is 36.2. The average Bonchev–Trinajstić information content (AvgIpc) is 1.74. The molecular weight excluding hydrogens is 1200 g/mol. The van der Waals surface area contributed by atoms with E-state index < -0.39 is 132 Å². The Bertz CT molecular complexity index is 3280. The lowest BCUT2D eigenvalue weighted by Gasteiger charge is -2.28. The summed E-state index contributed by atoms with van der Waals surface area (Å²) in [6.07, 6.45) is 3.14. The average molecular weight is 1290 g/mol. The predicted octanol–water partition coefficient (Wildman–Crippen LogP) is -0.203. The van der Waals surface area contributed by atoms with Crippen LogP contribution in [0.3, 0.4) is 0 Å². The Kier molecular flexibility index (Phi) is 28.1. The number of nitrogens with zero attached hydrogens (tertiary/aromatic N) is 2. The van der Waals surface area contributed by atoms with E-state index in [1.54, 1.807) is 98.8 Å². The molecule has 4 aromatic rings. The van der Waals surface area contributed by atoms with E-state index in [9.17, 15) is 43.2 Å². The van der Waals surface area contributed by atoms with E-state index in [-0.39, 0.29) is 108 Å². The van der Waals surface area contributed by atoms with Crippen LogP contribution in [-0.2, 0) is 70.4 Å². The maximum absolute atomic E-state index is 15.1. The number of carbonyl (C=O) groups excluding carboxylic acids is 12. The molecule has 502 valence electrons. The van der Waals surface area contributed by atoms with Gasteiger partial charge in [-0.25, -0.2) is 0 Å². The fourth-order valence-electron chi connectivity index (χ4n) is 11.2. The zero-order chi connectivity index (χ0) is 67.6. The first-order valence-electron chi connectivity index (χ1n) is 31.7. The molecule has 93 heavy (non-hydrogen) atoms. The van der Waals surface area contributed by atoms with Gasteiger partial charge in [0.25, 0.3) is 0 Å². The largest absolute Gasteiger partial charge is 0.370 e. The van der Waals surface area contributed by atoms with E-state index in [0.717, 1.165) is 0 Å². The van der Waals surface area contributed by atoms with Crippen molar-refractivity contribution in [3.8, 4) is 0 Å². The smallest absolute Gasteiger partial charge is 0.247 e. The summed E-state index contributed by atoms with van der Waals surface area (Å²) in [6.45, 7) is 6.18. The summed E-state index contributed by atoms with van der Waals surface area (Å²) in [4.78, 5) is 178. The molecule has 0 aliphatic carbocycles. The molecule has 2 aliphatic heterocycles. The quantitative estimate of drug-likeness (QED) is 0.0275. The number of fused-ring (bicyclic) bond motifs is 1. The summed E-state index contributed by atoms with van der Waals surface area (Å²) < 4.78 is 0. The first-order valence-corrected chi connectivity index (χ1v) is 31.7. The van der Waals surface area contributed by atoms with E-state index in [4.69, 9.17) is 17.2 Å². The maximum Gasteiger partial charge on any atom is 0.247 e. The van der Waals surface area contributed by atoms with Gasteiger partial charge in [0.05, 0.1) is 6.54 Å². The second-order valence-corrected chi connectivity index (χ2v) is 23.7. The van der Waals surface area contributed by atoms with Gasteiger partial charge in [0.15, 0.2) is 5.96 Å². The van der Waals surface area contributed by atoms with Crippen molar-refractivity contribution in [3.05, 3.63) is 108 Å². The Morgan fingerprint density at radius 2 is 1.30 bits per heavy atom. The van der Waals surface area contributed by atoms with Crippen LogP contribution in [0.1, 0.15) is 127 Å². The standard InChI is InChI=1S/C65H90N16O12/c1-5-6-24-46(73-39(4)82)58(87)75-48-29-30-52(83)69-31-16-15-26-45(57(86)72-37-53(84)81-33-18-28-51(81)63(92)79-54(38(2)3)56(66)85)76-64(93)55(43-36-71-44-25-14-13-23-42(43)44)80-60(89)47(27-17-32-70-65(67)68)74-61(90)49(34-40-19-9-7-10-20-40)78-62(91)50(77-59(48)88)35-41-21-11-8-12-22-41/h7-14,19-23,25,36,38,45-51,54-55,71H,5-6,15-18,24,26-35,37H2,1-4H3,(H2,66,85)(H,69,83)(H,72,86)(H,73,82)(H,74,90)(H,75,87)(H,76,93)(H,77,88)(H,78,91)(H,79,92)(H,80,89)(H4,67,68,70)/t45-,46-,47+,48+,49-,50+,51-,54-,55-/m0/s1. The molecule has 0 saturated carbocycles. The second-order valence-electron chi connectivity index (χ2n) is 23.7. The molecule has 9 atom stereocenters. The van der Waals surface area contributed by atoms with E-state index in [2.05, 4.69) is 63.1 Å². The third-order valence-electron chi connectivity index (χ3n) is 16.2. The number of aliphatic imine (C=N–C) groups is 1. The van der Waals surface area contributed by atoms with Gasteiger partial charge < -0.3 is 80.3 Å². The number of para-hydroxylation sites is 1. The Morgan fingerprint density at radius 1 is 0.677 bits per heavy atom. The minimum Gasteiger partial charge on any atom is -0.370 e. The van der Waals surface area contributed by atoms with Gasteiger partial charge in [-0.3, -0.25) is 62.5 Å². The number of unbranched alkanes of at least 4 members (excludes halogenated alkanes) is 1. The van der Waals surface area contributed by atoms with Crippen molar-refractivity contribution in [2.45, 2.75) is 172 Å². The number of aromatic amines is 1. The summed E-state index contributed by atoms with van der Waals surface area (Å²) >= 11 is 0. The molecule has 28 nitrogen and oxygen atoms in total. The van der Waals surface area contributed by atoms with E-state index in [1.165, 1.54) is 18.0 Å². The number of nitrogens with two attached hydrogens (primary N) is 3. The SMILES string of the molecule is CCCC[C@H](NC(C)=O)C(=O)N[C@@H]1CCC(=O)NCCCC[C@@H](C(=O)NCC(=O)N2CCC[C@H]2C(=O)N[C@H](C(N)=O)C(C)C)NC(=O)[C@H](c2c[nH]c3ccccc23)NC(=O)[C@@H](CCCN=C(N)N)NC(=O)[C@H](Cc2ccccc2)NC(=O)[C@@H](Cc2ccccc2)NC1=O. The molecule has 2 saturated heterocycles. The van der Waals surface area contributed by atoms with Crippen LogP contribution in [0.25, 0.3) is 10.9 Å². The number of likely N-dealkylation sites (tertiary alicyclic amines) is 1. The van der Waals surface area contributed by atoms with Crippen molar-refractivity contribution in [2.24, 2.45) is 28.1 Å². The Balaban J connectivity index is 1.38. The number of hydrogen-bond donors (Lipinski definition) is 14. The van der Waals surface area contributed by atoms with Crippen LogP contribution in [0.15, 0.2) is 96.1 Å². The van der Waals surface area contributed by atoms with E-state index in [0.29, 0.717) is 41.3 Å². The van der Waals surface area contributed by atoms with Crippen LogP contribution in [0.4, 0.5) is 0 Å². The number of amides is 12. The van der Waals surface area contributed by atoms with Gasteiger partial charge in [0.1, 0.15) is 54.4 Å². The Morgan fingerprint density at radius 3 is 1.92 bits per heavy atom. The third kappa shape index (κ3) is 22.5. The molecule has 0 unspecified atom stereocenters. The van der Waals surface area contributed by atoms with Gasteiger partial charge in [-0.15, -0.1) is 0 Å². The summed E-state index contributed by atoms with van der Waals surface area (Å²) in [6, 6.07) is 12.6. The van der Waals surface area contributed by atoms with Crippen LogP contribution in [0.2, 0.25) is 0 Å². The summed E-state index contributed by atoms with van der Waals surface area (Å²) in [7, 11) is 0. The van der Waals surface area contributed by atoms with Gasteiger partial charge in [0, 0.05) is 68.5 Å². The van der Waals surface area contributed by atoms with Gasteiger partial charge >= 0.3 is 0 Å². The normalized spacial score (nSPS) is 21.4. The number of guanidine groups is 1. The first-order chi connectivity index (χ1) is 44.5. The van der Waals surface area contributed by atoms with Crippen LogP contribution < -0.4 is 70.4 Å². The number of nitrogens with one attached hydrogen (secondary N) is 11. The molecule has 28 heteroatoms. The fraction of sp³-hybridized carbons (Fsp3) is 0.492. The highest BCUT2D eigenvalue weighted by atomic mass is 16.2. The number of carbonyl (C=O) groups is 12. The van der Waals surface area contributed by atoms with Crippen LogP contribution >= 0.6 is 0 Å². The molecule has 0 radical (unpaired) electrons. The highest BCUT2D eigenvalue weighted by Gasteiger charge is 2.39. The lowest BCUT2D eigenvalue weighted by atomic mass is 10.0. The lowest BCUT2D eigenvalue weighted by Crippen LogP contribution is -2.60. The number of H-pyrrole nitrogens is 1. The zero-order valence-electron chi connectivity index (χ0n) is 53.2. The lowest BCUT2D eigenvalue weighted by molar-refractivity contribution is -0.140. The monoisotopic (exact) mass is 1290 g/mol. The molecule has 2 aliphatic rings.